The largest absolute Gasteiger partial charge is 0.390 e. The van der Waals surface area contributed by atoms with Gasteiger partial charge in [-0.1, -0.05) is 33.3 Å². The van der Waals surface area contributed by atoms with Crippen molar-refractivity contribution in [2.45, 2.75) is 46.0 Å². The molecule has 0 amide bonds. The fourth-order valence-corrected chi connectivity index (χ4v) is 0.890. The Hall–Kier alpha value is -1.12. The Labute approximate surface area is 85.1 Å². The molecule has 0 heterocycles. The number of ether oxygens (including phenoxy) is 1. The number of carbonyl (C=O) groups excluding carboxylic acids is 2. The van der Waals surface area contributed by atoms with Gasteiger partial charge in [0.2, 0.25) is 0 Å². The van der Waals surface area contributed by atoms with Crippen molar-refractivity contribution in [1.82, 2.24) is 0 Å². The van der Waals surface area contributed by atoms with Gasteiger partial charge in [0.1, 0.15) is 0 Å². The zero-order chi connectivity index (χ0) is 11.0. The summed E-state index contributed by atoms with van der Waals surface area (Å²) in [5, 5.41) is 0. The fourth-order valence-electron chi connectivity index (χ4n) is 0.890. The van der Waals surface area contributed by atoms with E-state index in [0.717, 1.165) is 19.3 Å². The lowest BCUT2D eigenvalue weighted by Crippen LogP contribution is -2.13. The standard InChI is InChI=1S/C11H18O3/c1-4-6-7-8-10(12)14-11(13)9(3)5-2/h3-8H2,1-2H3. The summed E-state index contributed by atoms with van der Waals surface area (Å²) >= 11 is 0. The molecule has 0 aliphatic heterocycles. The molecule has 14 heavy (non-hydrogen) atoms. The molecule has 0 radical (unpaired) electrons. The molecule has 0 bridgehead atoms. The molecule has 0 rings (SSSR count). The van der Waals surface area contributed by atoms with Gasteiger partial charge in [-0.3, -0.25) is 4.79 Å². The van der Waals surface area contributed by atoms with Gasteiger partial charge in [-0.05, 0) is 12.8 Å². The second-order valence-corrected chi connectivity index (χ2v) is 3.18. The van der Waals surface area contributed by atoms with E-state index in [2.05, 4.69) is 18.2 Å². The maximum Gasteiger partial charge on any atom is 0.341 e. The number of unbranched alkanes of at least 4 members (excludes halogenated alkanes) is 2. The van der Waals surface area contributed by atoms with Gasteiger partial charge >= 0.3 is 11.9 Å². The smallest absolute Gasteiger partial charge is 0.341 e. The van der Waals surface area contributed by atoms with Crippen LogP contribution in [0.1, 0.15) is 46.0 Å². The van der Waals surface area contributed by atoms with Crippen LogP contribution in [0.25, 0.3) is 0 Å². The first-order valence-corrected chi connectivity index (χ1v) is 5.04. The quantitative estimate of drug-likeness (QED) is 0.285. The van der Waals surface area contributed by atoms with E-state index in [1.807, 2.05) is 0 Å². The Bertz CT molecular complexity index is 219. The summed E-state index contributed by atoms with van der Waals surface area (Å²) in [6, 6.07) is 0. The van der Waals surface area contributed by atoms with Crippen molar-refractivity contribution >= 4 is 11.9 Å². The number of hydrogen-bond donors (Lipinski definition) is 0. The van der Waals surface area contributed by atoms with Crippen molar-refractivity contribution in [3.8, 4) is 0 Å². The average molecular weight is 198 g/mol. The fraction of sp³-hybridized carbons (Fsp3) is 0.636. The third-order valence-corrected chi connectivity index (χ3v) is 1.91. The summed E-state index contributed by atoms with van der Waals surface area (Å²) in [7, 11) is 0. The van der Waals surface area contributed by atoms with E-state index >= 15 is 0 Å². The predicted molar refractivity (Wildman–Crippen MR) is 54.7 cm³/mol. The predicted octanol–water partition coefficient (Wildman–Crippen LogP) is 2.60. The average Bonchev–Trinajstić information content (AvgIpc) is 2.16. The van der Waals surface area contributed by atoms with Gasteiger partial charge in [0, 0.05) is 12.0 Å². The molecule has 80 valence electrons. The Balaban J connectivity index is 3.72. The summed E-state index contributed by atoms with van der Waals surface area (Å²) in [5.74, 6) is -1.04. The highest BCUT2D eigenvalue weighted by molar-refractivity contribution is 5.95. The number of rotatable bonds is 6. The third-order valence-electron chi connectivity index (χ3n) is 1.91. The van der Waals surface area contributed by atoms with Gasteiger partial charge in [0.25, 0.3) is 0 Å². The Morgan fingerprint density at radius 1 is 1.21 bits per heavy atom. The highest BCUT2D eigenvalue weighted by atomic mass is 16.6. The molecule has 0 saturated heterocycles. The van der Waals surface area contributed by atoms with Crippen LogP contribution >= 0.6 is 0 Å². The lowest BCUT2D eigenvalue weighted by Gasteiger charge is -2.02. The molecule has 0 unspecified atom stereocenters. The molecule has 3 heteroatoms. The van der Waals surface area contributed by atoms with Gasteiger partial charge in [-0.2, -0.15) is 0 Å². The molecule has 3 nitrogen and oxygen atoms in total. The molecular weight excluding hydrogens is 180 g/mol. The number of hydrogen-bond acceptors (Lipinski definition) is 3. The topological polar surface area (TPSA) is 43.4 Å². The molecule has 0 fully saturated rings. The van der Waals surface area contributed by atoms with E-state index in [9.17, 15) is 9.59 Å². The van der Waals surface area contributed by atoms with Gasteiger partial charge in [-0.25, -0.2) is 4.79 Å². The first kappa shape index (κ1) is 12.9. The second kappa shape index (κ2) is 7.30. The van der Waals surface area contributed by atoms with Crippen molar-refractivity contribution in [2.24, 2.45) is 0 Å². The van der Waals surface area contributed by atoms with Crippen LogP contribution < -0.4 is 0 Å². The van der Waals surface area contributed by atoms with Crippen molar-refractivity contribution in [2.75, 3.05) is 0 Å². The zero-order valence-corrected chi connectivity index (χ0v) is 8.97. The highest BCUT2D eigenvalue weighted by Crippen LogP contribution is 2.04. The van der Waals surface area contributed by atoms with Crippen LogP contribution in [0, 0.1) is 0 Å². The van der Waals surface area contributed by atoms with Crippen LogP contribution in [0.15, 0.2) is 12.2 Å². The molecule has 0 atom stereocenters. The van der Waals surface area contributed by atoms with Gasteiger partial charge in [-0.15, -0.1) is 0 Å². The monoisotopic (exact) mass is 198 g/mol. The molecule has 0 aromatic carbocycles. The minimum absolute atomic E-state index is 0.316. The molecule has 0 aromatic heterocycles. The Morgan fingerprint density at radius 3 is 2.36 bits per heavy atom. The highest BCUT2D eigenvalue weighted by Gasteiger charge is 2.11. The summed E-state index contributed by atoms with van der Waals surface area (Å²) in [6.07, 6.45) is 3.64. The second-order valence-electron chi connectivity index (χ2n) is 3.18. The number of esters is 2. The molecule has 0 aliphatic rings. The first-order valence-electron chi connectivity index (χ1n) is 5.04. The van der Waals surface area contributed by atoms with E-state index in [4.69, 9.17) is 0 Å². The molecule has 0 aliphatic carbocycles. The van der Waals surface area contributed by atoms with E-state index in [0.29, 0.717) is 18.4 Å². The molecule has 0 aromatic rings. The first-order chi connectivity index (χ1) is 6.61. The van der Waals surface area contributed by atoms with Crippen LogP contribution in [-0.2, 0) is 14.3 Å². The van der Waals surface area contributed by atoms with Crippen molar-refractivity contribution in [3.63, 3.8) is 0 Å². The summed E-state index contributed by atoms with van der Waals surface area (Å²) < 4.78 is 4.57. The minimum Gasteiger partial charge on any atom is -0.390 e. The van der Waals surface area contributed by atoms with Crippen molar-refractivity contribution in [1.29, 1.82) is 0 Å². The third kappa shape index (κ3) is 5.51. The van der Waals surface area contributed by atoms with Gasteiger partial charge in [0.05, 0.1) is 0 Å². The normalized spacial score (nSPS) is 9.57. The van der Waals surface area contributed by atoms with Crippen LogP contribution in [0.5, 0.6) is 0 Å². The van der Waals surface area contributed by atoms with E-state index in [1.54, 1.807) is 6.92 Å². The van der Waals surface area contributed by atoms with Crippen LogP contribution in [-0.4, -0.2) is 11.9 Å². The van der Waals surface area contributed by atoms with Crippen molar-refractivity contribution in [3.05, 3.63) is 12.2 Å². The van der Waals surface area contributed by atoms with E-state index in [-0.39, 0.29) is 0 Å². The van der Waals surface area contributed by atoms with Crippen LogP contribution in [0.3, 0.4) is 0 Å². The minimum atomic E-state index is -0.589. The lowest BCUT2D eigenvalue weighted by molar-refractivity contribution is -0.157. The van der Waals surface area contributed by atoms with Crippen LogP contribution in [0.2, 0.25) is 0 Å². The summed E-state index contributed by atoms with van der Waals surface area (Å²) in [6.45, 7) is 7.34. The molecule has 0 saturated carbocycles. The SMILES string of the molecule is C=C(CC)C(=O)OC(=O)CCCCC. The molecular formula is C11H18O3. The zero-order valence-electron chi connectivity index (χ0n) is 8.97. The lowest BCUT2D eigenvalue weighted by atomic mass is 10.2. The van der Waals surface area contributed by atoms with E-state index in [1.165, 1.54) is 0 Å². The maximum absolute atomic E-state index is 11.1. The summed E-state index contributed by atoms with van der Waals surface area (Å²) in [5.41, 5.74) is 0.342. The summed E-state index contributed by atoms with van der Waals surface area (Å²) in [4.78, 5) is 22.1. The van der Waals surface area contributed by atoms with Gasteiger partial charge in [0.15, 0.2) is 0 Å². The van der Waals surface area contributed by atoms with E-state index < -0.39 is 11.9 Å². The molecule has 0 N–H and O–H groups in total. The van der Waals surface area contributed by atoms with Gasteiger partial charge < -0.3 is 4.74 Å². The Morgan fingerprint density at radius 2 is 1.86 bits per heavy atom. The van der Waals surface area contributed by atoms with Crippen LogP contribution in [0.4, 0.5) is 0 Å². The van der Waals surface area contributed by atoms with Crippen molar-refractivity contribution < 1.29 is 14.3 Å². The maximum atomic E-state index is 11.1. The number of carbonyl (C=O) groups is 2. The Kier molecular flexibility index (Phi) is 6.72. The molecule has 0 spiro atoms.